The molecule has 0 aliphatic rings. The van der Waals surface area contributed by atoms with Crippen molar-refractivity contribution >= 4 is 5.95 Å². The van der Waals surface area contributed by atoms with Gasteiger partial charge in [0.1, 0.15) is 0 Å². The van der Waals surface area contributed by atoms with Crippen LogP contribution in [0.2, 0.25) is 0 Å². The topological polar surface area (TPSA) is 50.3 Å². The molecular formula is C13H24N4O. The average Bonchev–Trinajstić information content (AvgIpc) is 2.34. The Kier molecular flexibility index (Phi) is 6.43. The molecule has 0 saturated heterocycles. The lowest BCUT2D eigenvalue weighted by Crippen LogP contribution is -2.33. The Balaban J connectivity index is 2.77. The van der Waals surface area contributed by atoms with Gasteiger partial charge in [-0.05, 0) is 27.3 Å². The molecule has 1 N–H and O–H groups in total. The van der Waals surface area contributed by atoms with E-state index in [1.165, 1.54) is 0 Å². The molecule has 1 rings (SSSR count). The predicted octanol–water partition coefficient (Wildman–Crippen LogP) is 1.62. The summed E-state index contributed by atoms with van der Waals surface area (Å²) in [6.07, 6.45) is 0. The van der Waals surface area contributed by atoms with Crippen LogP contribution in [-0.2, 0) is 0 Å². The van der Waals surface area contributed by atoms with Crippen LogP contribution < -0.4 is 15.0 Å². The summed E-state index contributed by atoms with van der Waals surface area (Å²) < 4.78 is 5.45. The lowest BCUT2D eigenvalue weighted by atomic mass is 10.4. The van der Waals surface area contributed by atoms with Gasteiger partial charge in [0.25, 0.3) is 0 Å². The number of nitrogens with one attached hydrogen (secondary N) is 1. The zero-order valence-electron chi connectivity index (χ0n) is 11.9. The van der Waals surface area contributed by atoms with Crippen LogP contribution in [0.1, 0.15) is 26.5 Å². The molecule has 1 aromatic rings. The second-order valence-corrected chi connectivity index (χ2v) is 4.01. The summed E-state index contributed by atoms with van der Waals surface area (Å²) in [5.74, 6) is 1.40. The van der Waals surface area contributed by atoms with E-state index in [0.29, 0.717) is 12.5 Å². The number of hydrogen-bond donors (Lipinski definition) is 1. The van der Waals surface area contributed by atoms with Crippen LogP contribution in [0.25, 0.3) is 0 Å². The van der Waals surface area contributed by atoms with Gasteiger partial charge in [0.05, 0.1) is 6.61 Å². The first-order valence-electron chi connectivity index (χ1n) is 6.65. The highest BCUT2D eigenvalue weighted by Gasteiger charge is 2.09. The molecule has 18 heavy (non-hydrogen) atoms. The van der Waals surface area contributed by atoms with Crippen molar-refractivity contribution in [1.29, 1.82) is 0 Å². The number of rotatable bonds is 8. The number of likely N-dealkylation sites (N-methyl/N-ethyl adjacent to an activating group) is 2. The van der Waals surface area contributed by atoms with Gasteiger partial charge in [-0.1, -0.05) is 6.92 Å². The highest BCUT2D eigenvalue weighted by atomic mass is 16.5. The van der Waals surface area contributed by atoms with Crippen molar-refractivity contribution in [1.82, 2.24) is 15.3 Å². The fraction of sp³-hybridized carbons (Fsp3) is 0.692. The largest absolute Gasteiger partial charge is 0.478 e. The highest BCUT2D eigenvalue weighted by molar-refractivity contribution is 5.34. The maximum Gasteiger partial charge on any atom is 0.228 e. The Morgan fingerprint density at radius 3 is 2.67 bits per heavy atom. The molecule has 0 saturated carbocycles. The van der Waals surface area contributed by atoms with Gasteiger partial charge in [0.15, 0.2) is 0 Å². The predicted molar refractivity (Wildman–Crippen MR) is 74.4 cm³/mol. The maximum atomic E-state index is 5.45. The quantitative estimate of drug-likeness (QED) is 0.712. The summed E-state index contributed by atoms with van der Waals surface area (Å²) in [5.41, 5.74) is 0.936. The third kappa shape index (κ3) is 4.49. The van der Waals surface area contributed by atoms with Crippen molar-refractivity contribution in [3.8, 4) is 5.88 Å². The van der Waals surface area contributed by atoms with Crippen molar-refractivity contribution in [2.24, 2.45) is 0 Å². The minimum absolute atomic E-state index is 0.624. The first-order valence-corrected chi connectivity index (χ1v) is 6.65. The molecule has 0 aliphatic carbocycles. The number of anilines is 1. The Morgan fingerprint density at radius 1 is 1.28 bits per heavy atom. The summed E-state index contributed by atoms with van der Waals surface area (Å²) >= 11 is 0. The summed E-state index contributed by atoms with van der Waals surface area (Å²) in [7, 11) is 0. The van der Waals surface area contributed by atoms with Crippen LogP contribution >= 0.6 is 0 Å². The molecule has 5 nitrogen and oxygen atoms in total. The molecule has 0 unspecified atom stereocenters. The monoisotopic (exact) mass is 252 g/mol. The molecule has 0 aromatic carbocycles. The molecule has 5 heteroatoms. The molecule has 0 atom stereocenters. The van der Waals surface area contributed by atoms with Crippen LogP contribution in [0.15, 0.2) is 6.07 Å². The molecule has 102 valence electrons. The molecule has 1 aromatic heterocycles. The number of ether oxygens (including phenoxy) is 1. The summed E-state index contributed by atoms with van der Waals surface area (Å²) in [6.45, 7) is 12.5. The number of aromatic nitrogens is 2. The first kappa shape index (κ1) is 14.7. The van der Waals surface area contributed by atoms with Gasteiger partial charge in [-0.15, -0.1) is 0 Å². The van der Waals surface area contributed by atoms with Gasteiger partial charge in [-0.2, -0.15) is 4.98 Å². The molecule has 0 radical (unpaired) electrons. The normalized spacial score (nSPS) is 10.4. The molecule has 0 spiro atoms. The Bertz CT molecular complexity index is 357. The third-order valence-corrected chi connectivity index (χ3v) is 2.58. The molecule has 0 aliphatic heterocycles. The van der Waals surface area contributed by atoms with Crippen molar-refractivity contribution in [2.75, 3.05) is 37.7 Å². The minimum Gasteiger partial charge on any atom is -0.478 e. The van der Waals surface area contributed by atoms with Crippen molar-refractivity contribution < 1.29 is 4.74 Å². The van der Waals surface area contributed by atoms with Crippen LogP contribution in [0.3, 0.4) is 0 Å². The van der Waals surface area contributed by atoms with Gasteiger partial charge in [-0.25, -0.2) is 4.98 Å². The zero-order chi connectivity index (χ0) is 13.4. The molecule has 1 heterocycles. The van der Waals surface area contributed by atoms with E-state index in [1.807, 2.05) is 19.9 Å². The summed E-state index contributed by atoms with van der Waals surface area (Å²) in [6, 6.07) is 1.87. The Labute approximate surface area is 110 Å². The SMILES string of the molecule is CCNCCN(CC)c1nc(C)cc(OCC)n1. The average molecular weight is 252 g/mol. The van der Waals surface area contributed by atoms with Crippen LogP contribution in [0.4, 0.5) is 5.95 Å². The van der Waals surface area contributed by atoms with Crippen LogP contribution in [-0.4, -0.2) is 42.8 Å². The van der Waals surface area contributed by atoms with Gasteiger partial charge >= 0.3 is 0 Å². The Hall–Kier alpha value is -1.36. The second-order valence-electron chi connectivity index (χ2n) is 4.01. The highest BCUT2D eigenvalue weighted by Crippen LogP contribution is 2.15. The number of nitrogens with zero attached hydrogens (tertiary/aromatic N) is 3. The maximum absolute atomic E-state index is 5.45. The van der Waals surface area contributed by atoms with Crippen LogP contribution in [0.5, 0.6) is 5.88 Å². The van der Waals surface area contributed by atoms with Crippen LogP contribution in [0, 0.1) is 6.92 Å². The van der Waals surface area contributed by atoms with E-state index in [0.717, 1.165) is 37.8 Å². The smallest absolute Gasteiger partial charge is 0.228 e. The third-order valence-electron chi connectivity index (χ3n) is 2.58. The fourth-order valence-electron chi connectivity index (χ4n) is 1.68. The van der Waals surface area contributed by atoms with Gasteiger partial charge in [0.2, 0.25) is 11.8 Å². The van der Waals surface area contributed by atoms with Gasteiger partial charge < -0.3 is 15.0 Å². The van der Waals surface area contributed by atoms with Crippen molar-refractivity contribution in [3.63, 3.8) is 0 Å². The van der Waals surface area contributed by atoms with E-state index in [4.69, 9.17) is 4.74 Å². The molecular weight excluding hydrogens is 228 g/mol. The lowest BCUT2D eigenvalue weighted by Gasteiger charge is -2.21. The number of hydrogen-bond acceptors (Lipinski definition) is 5. The van der Waals surface area contributed by atoms with E-state index in [-0.39, 0.29) is 0 Å². The van der Waals surface area contributed by atoms with E-state index in [9.17, 15) is 0 Å². The van der Waals surface area contributed by atoms with Gasteiger partial charge in [0, 0.05) is 31.4 Å². The van der Waals surface area contributed by atoms with E-state index < -0.39 is 0 Å². The van der Waals surface area contributed by atoms with Crippen molar-refractivity contribution in [2.45, 2.75) is 27.7 Å². The fourth-order valence-corrected chi connectivity index (χ4v) is 1.68. The first-order chi connectivity index (χ1) is 8.71. The minimum atomic E-state index is 0.624. The van der Waals surface area contributed by atoms with E-state index in [2.05, 4.69) is 34.0 Å². The summed E-state index contributed by atoms with van der Waals surface area (Å²) in [4.78, 5) is 11.1. The number of aryl methyl sites for hydroxylation is 1. The van der Waals surface area contributed by atoms with E-state index in [1.54, 1.807) is 0 Å². The van der Waals surface area contributed by atoms with E-state index >= 15 is 0 Å². The zero-order valence-corrected chi connectivity index (χ0v) is 11.9. The molecule has 0 fully saturated rings. The molecule has 0 amide bonds. The Morgan fingerprint density at radius 2 is 2.06 bits per heavy atom. The van der Waals surface area contributed by atoms with Crippen molar-refractivity contribution in [3.05, 3.63) is 11.8 Å². The second kappa shape index (κ2) is 7.87. The standard InChI is InChI=1S/C13H24N4O/c1-5-14-8-9-17(6-2)13-15-11(4)10-12(16-13)18-7-3/h10,14H,5-9H2,1-4H3. The van der Waals surface area contributed by atoms with Gasteiger partial charge in [-0.3, -0.25) is 0 Å². The molecule has 0 bridgehead atoms. The summed E-state index contributed by atoms with van der Waals surface area (Å²) in [5, 5.41) is 3.31. The lowest BCUT2D eigenvalue weighted by molar-refractivity contribution is 0.326.